The van der Waals surface area contributed by atoms with Crippen LogP contribution in [0, 0.1) is 17.6 Å². The number of hydrogen-bond donors (Lipinski definition) is 1. The molecule has 2 nitrogen and oxygen atoms in total. The first kappa shape index (κ1) is 13.1. The van der Waals surface area contributed by atoms with Gasteiger partial charge in [-0.1, -0.05) is 0 Å². The molecule has 0 aromatic heterocycles. The lowest BCUT2D eigenvalue weighted by Crippen LogP contribution is -2.30. The first-order valence-electron chi connectivity index (χ1n) is 6.36. The Balaban J connectivity index is 1.90. The molecule has 0 aliphatic carbocycles. The van der Waals surface area contributed by atoms with Crippen LogP contribution >= 0.6 is 0 Å². The molecular formula is C14H17F2NO. The summed E-state index contributed by atoms with van der Waals surface area (Å²) in [4.78, 5) is 11.8. The number of nitrogens with one attached hydrogen (secondary N) is 1. The number of carbonyl (C=O) groups excluding carboxylic acids is 1. The fourth-order valence-corrected chi connectivity index (χ4v) is 2.36. The quantitative estimate of drug-likeness (QED) is 0.836. The Morgan fingerprint density at radius 2 is 2.22 bits per heavy atom. The Morgan fingerprint density at radius 1 is 1.39 bits per heavy atom. The molecule has 1 unspecified atom stereocenters. The zero-order chi connectivity index (χ0) is 13.0. The molecule has 1 aromatic carbocycles. The number of piperidine rings is 1. The molecule has 0 radical (unpaired) electrons. The Hall–Kier alpha value is -1.29. The second-order valence-corrected chi connectivity index (χ2v) is 4.80. The smallest absolute Gasteiger partial charge is 0.165 e. The highest BCUT2D eigenvalue weighted by atomic mass is 19.1. The van der Waals surface area contributed by atoms with E-state index in [-0.39, 0.29) is 11.3 Å². The van der Waals surface area contributed by atoms with Gasteiger partial charge in [0.05, 0.1) is 5.56 Å². The van der Waals surface area contributed by atoms with Crippen molar-refractivity contribution in [1.82, 2.24) is 5.32 Å². The highest BCUT2D eigenvalue weighted by Crippen LogP contribution is 2.19. The first-order chi connectivity index (χ1) is 8.66. The molecule has 0 spiro atoms. The Labute approximate surface area is 105 Å². The second kappa shape index (κ2) is 6.05. The highest BCUT2D eigenvalue weighted by molar-refractivity contribution is 5.96. The average molecular weight is 253 g/mol. The predicted octanol–water partition coefficient (Wildman–Crippen LogP) is 2.93. The summed E-state index contributed by atoms with van der Waals surface area (Å²) in [5, 5.41) is 3.28. The minimum Gasteiger partial charge on any atom is -0.316 e. The molecule has 98 valence electrons. The van der Waals surface area contributed by atoms with E-state index in [1.807, 2.05) is 0 Å². The van der Waals surface area contributed by atoms with E-state index >= 15 is 0 Å². The van der Waals surface area contributed by atoms with Gasteiger partial charge in [-0.2, -0.15) is 0 Å². The van der Waals surface area contributed by atoms with E-state index in [0.29, 0.717) is 12.3 Å². The van der Waals surface area contributed by atoms with Gasteiger partial charge in [0, 0.05) is 12.5 Å². The van der Waals surface area contributed by atoms with Crippen molar-refractivity contribution < 1.29 is 13.6 Å². The van der Waals surface area contributed by atoms with Crippen LogP contribution in [-0.2, 0) is 0 Å². The molecule has 1 aliphatic rings. The zero-order valence-corrected chi connectivity index (χ0v) is 10.2. The lowest BCUT2D eigenvalue weighted by Gasteiger charge is -2.22. The van der Waals surface area contributed by atoms with E-state index in [1.165, 1.54) is 6.07 Å². The average Bonchev–Trinajstić information content (AvgIpc) is 2.37. The van der Waals surface area contributed by atoms with Crippen molar-refractivity contribution in [3.05, 3.63) is 35.4 Å². The number of ketones is 1. The first-order valence-corrected chi connectivity index (χ1v) is 6.36. The summed E-state index contributed by atoms with van der Waals surface area (Å²) >= 11 is 0. The van der Waals surface area contributed by atoms with Crippen molar-refractivity contribution in [3.8, 4) is 0 Å². The minimum absolute atomic E-state index is 0.000156. The Bertz CT molecular complexity index is 428. The number of halogens is 2. The van der Waals surface area contributed by atoms with Gasteiger partial charge >= 0.3 is 0 Å². The zero-order valence-electron chi connectivity index (χ0n) is 10.2. The van der Waals surface area contributed by atoms with Crippen LogP contribution in [-0.4, -0.2) is 18.9 Å². The molecule has 0 amide bonds. The van der Waals surface area contributed by atoms with Crippen LogP contribution in [0.2, 0.25) is 0 Å². The summed E-state index contributed by atoms with van der Waals surface area (Å²) in [6.45, 7) is 1.97. The van der Waals surface area contributed by atoms with Crippen LogP contribution in [0.15, 0.2) is 18.2 Å². The van der Waals surface area contributed by atoms with Crippen LogP contribution in [0.25, 0.3) is 0 Å². The molecule has 2 rings (SSSR count). The van der Waals surface area contributed by atoms with Crippen molar-refractivity contribution in [2.24, 2.45) is 5.92 Å². The standard InChI is InChI=1S/C14H17F2NO/c15-11-4-5-12(13(16)8-11)14(18)6-3-10-2-1-7-17-9-10/h4-5,8,10,17H,1-3,6-7,9H2. The lowest BCUT2D eigenvalue weighted by atomic mass is 9.92. The summed E-state index contributed by atoms with van der Waals surface area (Å²) in [7, 11) is 0. The molecule has 1 aromatic rings. The van der Waals surface area contributed by atoms with Gasteiger partial charge in [-0.3, -0.25) is 4.79 Å². The van der Waals surface area contributed by atoms with Gasteiger partial charge in [-0.15, -0.1) is 0 Å². The summed E-state index contributed by atoms with van der Waals surface area (Å²) in [5.41, 5.74) is 0.000156. The summed E-state index contributed by atoms with van der Waals surface area (Å²) in [6.07, 6.45) is 3.34. The third kappa shape index (κ3) is 3.35. The van der Waals surface area contributed by atoms with Gasteiger partial charge in [0.25, 0.3) is 0 Å². The number of rotatable bonds is 4. The van der Waals surface area contributed by atoms with E-state index in [1.54, 1.807) is 0 Å². The number of benzene rings is 1. The van der Waals surface area contributed by atoms with Gasteiger partial charge in [-0.25, -0.2) is 8.78 Å². The Morgan fingerprint density at radius 3 is 2.89 bits per heavy atom. The molecule has 18 heavy (non-hydrogen) atoms. The third-order valence-corrected chi connectivity index (χ3v) is 3.41. The lowest BCUT2D eigenvalue weighted by molar-refractivity contribution is 0.0967. The van der Waals surface area contributed by atoms with Gasteiger partial charge < -0.3 is 5.32 Å². The largest absolute Gasteiger partial charge is 0.316 e. The second-order valence-electron chi connectivity index (χ2n) is 4.80. The molecule has 1 N–H and O–H groups in total. The Kier molecular flexibility index (Phi) is 4.42. The molecule has 0 saturated carbocycles. The molecule has 1 heterocycles. The van der Waals surface area contributed by atoms with E-state index in [2.05, 4.69) is 5.32 Å². The number of hydrogen-bond acceptors (Lipinski definition) is 2. The topological polar surface area (TPSA) is 29.1 Å². The van der Waals surface area contributed by atoms with Crippen LogP contribution in [0.5, 0.6) is 0 Å². The molecule has 1 aliphatic heterocycles. The predicted molar refractivity (Wildman–Crippen MR) is 65.5 cm³/mol. The molecular weight excluding hydrogens is 236 g/mol. The number of Topliss-reactive ketones (excluding diaryl/α,β-unsaturated/α-hetero) is 1. The minimum atomic E-state index is -0.762. The van der Waals surface area contributed by atoms with Gasteiger partial charge in [-0.05, 0) is 50.4 Å². The SMILES string of the molecule is O=C(CCC1CCCNC1)c1ccc(F)cc1F. The van der Waals surface area contributed by atoms with Crippen molar-refractivity contribution >= 4 is 5.78 Å². The van der Waals surface area contributed by atoms with Gasteiger partial charge in [0.2, 0.25) is 0 Å². The van der Waals surface area contributed by atoms with E-state index in [9.17, 15) is 13.6 Å². The fraction of sp³-hybridized carbons (Fsp3) is 0.500. The van der Waals surface area contributed by atoms with Gasteiger partial charge in [0.1, 0.15) is 11.6 Å². The maximum atomic E-state index is 13.4. The maximum absolute atomic E-state index is 13.4. The highest BCUT2D eigenvalue weighted by Gasteiger charge is 2.17. The van der Waals surface area contributed by atoms with Crippen LogP contribution in [0.3, 0.4) is 0 Å². The number of carbonyl (C=O) groups is 1. The van der Waals surface area contributed by atoms with Gasteiger partial charge in [0.15, 0.2) is 5.78 Å². The van der Waals surface area contributed by atoms with Crippen LogP contribution in [0.4, 0.5) is 8.78 Å². The van der Waals surface area contributed by atoms with E-state index in [4.69, 9.17) is 0 Å². The summed E-state index contributed by atoms with van der Waals surface area (Å²) in [6, 6.07) is 3.11. The normalized spacial score (nSPS) is 19.8. The van der Waals surface area contributed by atoms with Crippen LogP contribution < -0.4 is 5.32 Å². The molecule has 1 atom stereocenters. The fourth-order valence-electron chi connectivity index (χ4n) is 2.36. The van der Waals surface area contributed by atoms with Crippen molar-refractivity contribution in [1.29, 1.82) is 0 Å². The van der Waals surface area contributed by atoms with E-state index in [0.717, 1.165) is 44.5 Å². The molecule has 4 heteroatoms. The van der Waals surface area contributed by atoms with E-state index < -0.39 is 11.6 Å². The molecule has 0 bridgehead atoms. The molecule has 1 fully saturated rings. The summed E-state index contributed by atoms with van der Waals surface area (Å²) < 4.78 is 26.1. The molecule has 1 saturated heterocycles. The third-order valence-electron chi connectivity index (χ3n) is 3.41. The maximum Gasteiger partial charge on any atom is 0.165 e. The van der Waals surface area contributed by atoms with Crippen molar-refractivity contribution in [2.75, 3.05) is 13.1 Å². The van der Waals surface area contributed by atoms with Crippen molar-refractivity contribution in [2.45, 2.75) is 25.7 Å². The van der Waals surface area contributed by atoms with Crippen LogP contribution in [0.1, 0.15) is 36.0 Å². The summed E-state index contributed by atoms with van der Waals surface area (Å²) in [5.74, 6) is -1.16. The monoisotopic (exact) mass is 253 g/mol. The van der Waals surface area contributed by atoms with Crippen molar-refractivity contribution in [3.63, 3.8) is 0 Å².